The molecule has 0 N–H and O–H groups in total. The van der Waals surface area contributed by atoms with Crippen molar-refractivity contribution < 1.29 is 27.9 Å². The van der Waals surface area contributed by atoms with E-state index in [1.54, 1.807) is 19.9 Å². The maximum absolute atomic E-state index is 12.6. The summed E-state index contributed by atoms with van der Waals surface area (Å²) in [6.07, 6.45) is 5.66. The molecule has 0 rings (SSSR count). The number of hydrogen-bond donors (Lipinski definition) is 0. The number of methoxy groups -OCH3 is 1. The van der Waals surface area contributed by atoms with Gasteiger partial charge in [0.1, 0.15) is 11.4 Å². The maximum Gasteiger partial charge on any atom is 0.341 e. The van der Waals surface area contributed by atoms with Crippen molar-refractivity contribution in [3.8, 4) is 0 Å². The van der Waals surface area contributed by atoms with E-state index in [-0.39, 0.29) is 25.0 Å². The molecule has 0 aliphatic rings. The molecule has 1 atom stereocenters. The molecule has 0 amide bonds. The monoisotopic (exact) mass is 334 g/mol. The molecule has 0 bridgehead atoms. The fourth-order valence-corrected chi connectivity index (χ4v) is 3.88. The van der Waals surface area contributed by atoms with E-state index in [2.05, 4.69) is 4.74 Å². The zero-order valence-electron chi connectivity index (χ0n) is 13.9. The van der Waals surface area contributed by atoms with Crippen LogP contribution in [0.15, 0.2) is 12.2 Å². The average molecular weight is 334 g/mol. The zero-order chi connectivity index (χ0) is 17.0. The summed E-state index contributed by atoms with van der Waals surface area (Å²) < 4.78 is 27.7. The zero-order valence-corrected chi connectivity index (χ0v) is 14.8. The lowest BCUT2D eigenvalue weighted by atomic mass is 10.2. The Hall–Kier alpha value is -0.970. The normalized spacial score (nSPS) is 13.3. The number of carbonyl (C=O) groups excluding carboxylic acids is 2. The van der Waals surface area contributed by atoms with Crippen LogP contribution in [0.3, 0.4) is 0 Å². The van der Waals surface area contributed by atoms with Gasteiger partial charge in [0.05, 0.1) is 20.3 Å². The quantitative estimate of drug-likeness (QED) is 0.235. The van der Waals surface area contributed by atoms with Gasteiger partial charge in [0.25, 0.3) is 0 Å². The van der Waals surface area contributed by atoms with Crippen molar-refractivity contribution >= 4 is 19.3 Å². The van der Waals surface area contributed by atoms with E-state index < -0.39 is 13.3 Å². The van der Waals surface area contributed by atoms with Crippen molar-refractivity contribution in [1.82, 2.24) is 0 Å². The lowest BCUT2D eigenvalue weighted by molar-refractivity contribution is -0.140. The predicted octanol–water partition coefficient (Wildman–Crippen LogP) is 3.50. The first-order valence-corrected chi connectivity index (χ1v) is 9.13. The first kappa shape index (κ1) is 21.0. The van der Waals surface area contributed by atoms with Crippen LogP contribution in [-0.4, -0.2) is 37.7 Å². The van der Waals surface area contributed by atoms with Gasteiger partial charge in [-0.1, -0.05) is 12.2 Å². The maximum atomic E-state index is 12.6. The molecule has 22 heavy (non-hydrogen) atoms. The van der Waals surface area contributed by atoms with Gasteiger partial charge in [-0.15, -0.1) is 0 Å². The fourth-order valence-electron chi connectivity index (χ4n) is 1.90. The van der Waals surface area contributed by atoms with Crippen LogP contribution in [0.5, 0.6) is 0 Å². The highest BCUT2D eigenvalue weighted by Crippen LogP contribution is 2.54. The largest absolute Gasteiger partial charge is 0.469 e. The van der Waals surface area contributed by atoms with Gasteiger partial charge in [-0.3, -0.25) is 14.2 Å². The van der Waals surface area contributed by atoms with E-state index in [4.69, 9.17) is 9.05 Å². The van der Waals surface area contributed by atoms with Crippen LogP contribution < -0.4 is 0 Å². The van der Waals surface area contributed by atoms with E-state index >= 15 is 0 Å². The molecule has 0 aromatic heterocycles. The second-order valence-electron chi connectivity index (χ2n) is 4.68. The SMILES string of the molecule is CCOP(=O)(OCC)[C@H](C/C=C\CCCC(=O)OC)C(C)=O. The Kier molecular flexibility index (Phi) is 11.1. The number of ketones is 1. The minimum absolute atomic E-state index is 0.218. The molecule has 0 saturated heterocycles. The van der Waals surface area contributed by atoms with Gasteiger partial charge in [-0.2, -0.15) is 0 Å². The van der Waals surface area contributed by atoms with Crippen molar-refractivity contribution in [2.45, 2.75) is 52.1 Å². The second kappa shape index (κ2) is 11.6. The van der Waals surface area contributed by atoms with Gasteiger partial charge in [0, 0.05) is 6.42 Å². The summed E-state index contributed by atoms with van der Waals surface area (Å²) in [6.45, 7) is 5.27. The van der Waals surface area contributed by atoms with Gasteiger partial charge in [0.2, 0.25) is 0 Å². The number of unbranched alkanes of at least 4 members (excludes halogenated alkanes) is 1. The molecule has 0 unspecified atom stereocenters. The standard InChI is InChI=1S/C15H27O6P/c1-5-20-22(18,21-6-2)14(13(3)16)11-9-7-8-10-12-15(17)19-4/h7,9,14H,5-6,8,10-12H2,1-4H3/b9-7-/t14-/m1/s1. The Bertz CT molecular complexity index is 408. The van der Waals surface area contributed by atoms with Gasteiger partial charge >= 0.3 is 13.6 Å². The Morgan fingerprint density at radius 1 is 1.14 bits per heavy atom. The summed E-state index contributed by atoms with van der Waals surface area (Å²) >= 11 is 0. The predicted molar refractivity (Wildman–Crippen MR) is 85.0 cm³/mol. The Morgan fingerprint density at radius 3 is 2.18 bits per heavy atom. The molecule has 0 aromatic carbocycles. The number of rotatable bonds is 12. The van der Waals surface area contributed by atoms with Crippen LogP contribution in [0, 0.1) is 0 Å². The van der Waals surface area contributed by atoms with Crippen molar-refractivity contribution in [3.63, 3.8) is 0 Å². The molecule has 6 nitrogen and oxygen atoms in total. The average Bonchev–Trinajstić information content (AvgIpc) is 2.45. The highest BCUT2D eigenvalue weighted by atomic mass is 31.2. The van der Waals surface area contributed by atoms with Crippen molar-refractivity contribution in [2.75, 3.05) is 20.3 Å². The molecule has 7 heteroatoms. The van der Waals surface area contributed by atoms with Crippen molar-refractivity contribution in [3.05, 3.63) is 12.2 Å². The summed E-state index contributed by atoms with van der Waals surface area (Å²) in [7, 11) is -2.08. The lowest BCUT2D eigenvalue weighted by Gasteiger charge is -2.23. The third kappa shape index (κ3) is 7.87. The minimum Gasteiger partial charge on any atom is -0.469 e. The smallest absolute Gasteiger partial charge is 0.341 e. The first-order valence-electron chi connectivity index (χ1n) is 7.52. The summed E-state index contributed by atoms with van der Waals surface area (Å²) in [6, 6.07) is 0. The van der Waals surface area contributed by atoms with Crippen molar-refractivity contribution in [1.29, 1.82) is 0 Å². The topological polar surface area (TPSA) is 78.9 Å². The third-order valence-corrected chi connectivity index (χ3v) is 5.55. The van der Waals surface area contributed by atoms with Crippen LogP contribution in [0.1, 0.15) is 46.5 Å². The molecule has 0 aliphatic carbocycles. The molecular formula is C15H27O6P. The molecule has 0 fully saturated rings. The molecule has 0 saturated carbocycles. The van der Waals surface area contributed by atoms with Gasteiger partial charge < -0.3 is 13.8 Å². The van der Waals surface area contributed by atoms with Gasteiger partial charge in [-0.05, 0) is 40.0 Å². The number of Topliss-reactive ketones (excluding diaryl/α,β-unsaturated/α-hetero) is 1. The molecule has 0 radical (unpaired) electrons. The summed E-state index contributed by atoms with van der Waals surface area (Å²) in [5.74, 6) is -0.461. The minimum atomic E-state index is -3.44. The highest BCUT2D eigenvalue weighted by molar-refractivity contribution is 7.55. The van der Waals surface area contributed by atoms with Crippen LogP contribution in [0.4, 0.5) is 0 Å². The van der Waals surface area contributed by atoms with E-state index in [1.165, 1.54) is 14.0 Å². The summed E-state index contributed by atoms with van der Waals surface area (Å²) in [5.41, 5.74) is -0.788. The molecule has 128 valence electrons. The number of carbonyl (C=O) groups is 2. The Labute approximate surface area is 132 Å². The lowest BCUT2D eigenvalue weighted by Crippen LogP contribution is -2.20. The third-order valence-electron chi connectivity index (χ3n) is 2.97. The molecule has 0 aliphatic heterocycles. The first-order chi connectivity index (χ1) is 10.4. The Balaban J connectivity index is 4.54. The van der Waals surface area contributed by atoms with E-state index in [0.717, 1.165) is 0 Å². The van der Waals surface area contributed by atoms with E-state index in [0.29, 0.717) is 25.7 Å². The van der Waals surface area contributed by atoms with Gasteiger partial charge in [0.15, 0.2) is 0 Å². The fraction of sp³-hybridized carbons (Fsp3) is 0.733. The molecule has 0 spiro atoms. The van der Waals surface area contributed by atoms with Crippen LogP contribution in [-0.2, 0) is 27.9 Å². The second-order valence-corrected chi connectivity index (χ2v) is 6.90. The van der Waals surface area contributed by atoms with Gasteiger partial charge in [-0.25, -0.2) is 0 Å². The highest BCUT2D eigenvalue weighted by Gasteiger charge is 2.37. The number of esters is 1. The van der Waals surface area contributed by atoms with Crippen LogP contribution in [0.2, 0.25) is 0 Å². The van der Waals surface area contributed by atoms with Crippen molar-refractivity contribution in [2.24, 2.45) is 0 Å². The summed E-state index contributed by atoms with van der Waals surface area (Å²) in [4.78, 5) is 22.7. The summed E-state index contributed by atoms with van der Waals surface area (Å²) in [5, 5.41) is 0. The molecule has 0 heterocycles. The molecule has 0 aromatic rings. The molecular weight excluding hydrogens is 307 g/mol. The Morgan fingerprint density at radius 2 is 1.73 bits per heavy atom. The van der Waals surface area contributed by atoms with E-state index in [1.807, 2.05) is 6.08 Å². The number of allylic oxidation sites excluding steroid dienone is 2. The van der Waals surface area contributed by atoms with E-state index in [9.17, 15) is 14.2 Å². The van der Waals surface area contributed by atoms with Crippen LogP contribution >= 0.6 is 7.60 Å². The van der Waals surface area contributed by atoms with Crippen LogP contribution in [0.25, 0.3) is 0 Å². The number of ether oxygens (including phenoxy) is 1. The number of hydrogen-bond acceptors (Lipinski definition) is 6.